The second-order valence-electron chi connectivity index (χ2n) is 4.89. The molecule has 21 heavy (non-hydrogen) atoms. The van der Waals surface area contributed by atoms with Gasteiger partial charge in [0.25, 0.3) is 0 Å². The molecular weight excluding hydrogens is 284 g/mol. The Bertz CT molecular complexity index is 729. The SMILES string of the molecule is CCCc1nn(CCO)c(N)c1-c1nc2ccccc2s1. The van der Waals surface area contributed by atoms with Gasteiger partial charge in [-0.25, -0.2) is 9.67 Å². The predicted octanol–water partition coefficient (Wildman–Crippen LogP) is 2.69. The normalized spacial score (nSPS) is 11.3. The fraction of sp³-hybridized carbons (Fsp3) is 0.333. The van der Waals surface area contributed by atoms with E-state index >= 15 is 0 Å². The van der Waals surface area contributed by atoms with E-state index in [-0.39, 0.29) is 6.61 Å². The van der Waals surface area contributed by atoms with Crippen LogP contribution in [0.25, 0.3) is 20.8 Å². The van der Waals surface area contributed by atoms with Crippen LogP contribution in [0.1, 0.15) is 19.0 Å². The zero-order valence-corrected chi connectivity index (χ0v) is 12.7. The summed E-state index contributed by atoms with van der Waals surface area (Å²) in [5, 5.41) is 14.6. The van der Waals surface area contributed by atoms with Crippen LogP contribution in [0.15, 0.2) is 24.3 Å². The van der Waals surface area contributed by atoms with Gasteiger partial charge in [0, 0.05) is 0 Å². The Morgan fingerprint density at radius 2 is 2.14 bits per heavy atom. The Hall–Kier alpha value is -1.92. The van der Waals surface area contributed by atoms with E-state index in [9.17, 15) is 0 Å². The maximum Gasteiger partial charge on any atom is 0.132 e. The summed E-state index contributed by atoms with van der Waals surface area (Å²) in [6, 6.07) is 8.06. The molecule has 0 amide bonds. The molecule has 0 aliphatic rings. The number of hydrogen-bond donors (Lipinski definition) is 2. The highest BCUT2D eigenvalue weighted by Crippen LogP contribution is 2.36. The summed E-state index contributed by atoms with van der Waals surface area (Å²) in [5.41, 5.74) is 9.09. The average Bonchev–Trinajstić information content (AvgIpc) is 3.01. The molecule has 0 bridgehead atoms. The number of anilines is 1. The second kappa shape index (κ2) is 5.83. The molecule has 0 radical (unpaired) electrons. The lowest BCUT2D eigenvalue weighted by Gasteiger charge is -2.01. The summed E-state index contributed by atoms with van der Waals surface area (Å²) < 4.78 is 2.82. The van der Waals surface area contributed by atoms with Crippen molar-refractivity contribution in [2.45, 2.75) is 26.3 Å². The summed E-state index contributed by atoms with van der Waals surface area (Å²) in [5.74, 6) is 0.589. The van der Waals surface area contributed by atoms with Crippen LogP contribution in [0.3, 0.4) is 0 Å². The molecule has 1 aromatic carbocycles. The maximum absolute atomic E-state index is 9.13. The summed E-state index contributed by atoms with van der Waals surface area (Å²) in [6.45, 7) is 2.55. The Balaban J connectivity index is 2.14. The van der Waals surface area contributed by atoms with Crippen LogP contribution in [-0.4, -0.2) is 26.5 Å². The van der Waals surface area contributed by atoms with Crippen molar-refractivity contribution in [2.75, 3.05) is 12.3 Å². The summed E-state index contributed by atoms with van der Waals surface area (Å²) >= 11 is 1.63. The topological polar surface area (TPSA) is 77.0 Å². The van der Waals surface area contributed by atoms with Crippen LogP contribution in [-0.2, 0) is 13.0 Å². The fourth-order valence-corrected chi connectivity index (χ4v) is 3.46. The quantitative estimate of drug-likeness (QED) is 0.759. The lowest BCUT2D eigenvalue weighted by molar-refractivity contribution is 0.270. The van der Waals surface area contributed by atoms with E-state index in [2.05, 4.69) is 23.1 Å². The highest BCUT2D eigenvalue weighted by atomic mass is 32.1. The molecule has 0 aliphatic heterocycles. The minimum absolute atomic E-state index is 0.0245. The Morgan fingerprint density at radius 3 is 2.86 bits per heavy atom. The third-order valence-electron chi connectivity index (χ3n) is 3.37. The van der Waals surface area contributed by atoms with E-state index < -0.39 is 0 Å². The molecule has 3 rings (SSSR count). The number of aliphatic hydroxyl groups excluding tert-OH is 1. The summed E-state index contributed by atoms with van der Waals surface area (Å²) in [4.78, 5) is 4.68. The molecule has 0 spiro atoms. The number of nitrogens with two attached hydrogens (primary N) is 1. The van der Waals surface area contributed by atoms with Gasteiger partial charge in [-0.05, 0) is 18.6 Å². The summed E-state index contributed by atoms with van der Waals surface area (Å²) in [7, 11) is 0. The number of nitrogens with zero attached hydrogens (tertiary/aromatic N) is 3. The molecule has 6 heteroatoms. The third-order valence-corrected chi connectivity index (χ3v) is 4.42. The fourth-order valence-electron chi connectivity index (χ4n) is 2.42. The van der Waals surface area contributed by atoms with Gasteiger partial charge < -0.3 is 10.8 Å². The van der Waals surface area contributed by atoms with Gasteiger partial charge in [0.2, 0.25) is 0 Å². The molecule has 0 atom stereocenters. The molecule has 2 heterocycles. The van der Waals surface area contributed by atoms with Gasteiger partial charge in [-0.3, -0.25) is 0 Å². The standard InChI is InChI=1S/C15H18N4OS/c1-2-5-11-13(14(16)19(18-11)8-9-20)15-17-10-6-3-4-7-12(10)21-15/h3-4,6-7,20H,2,5,8-9,16H2,1H3. The first-order valence-corrected chi connectivity index (χ1v) is 7.88. The number of para-hydroxylation sites is 1. The van der Waals surface area contributed by atoms with Gasteiger partial charge in [-0.15, -0.1) is 11.3 Å². The van der Waals surface area contributed by atoms with Gasteiger partial charge in [0.1, 0.15) is 10.8 Å². The van der Waals surface area contributed by atoms with E-state index in [1.54, 1.807) is 16.0 Å². The molecular formula is C15H18N4OS. The number of hydrogen-bond acceptors (Lipinski definition) is 5. The van der Waals surface area contributed by atoms with Crippen LogP contribution in [0.4, 0.5) is 5.82 Å². The van der Waals surface area contributed by atoms with E-state index in [0.717, 1.165) is 39.3 Å². The number of aryl methyl sites for hydroxylation is 1. The van der Waals surface area contributed by atoms with Crippen LogP contribution in [0, 0.1) is 0 Å². The van der Waals surface area contributed by atoms with Crippen LogP contribution < -0.4 is 5.73 Å². The minimum Gasteiger partial charge on any atom is -0.394 e. The number of aliphatic hydroxyl groups is 1. The first kappa shape index (κ1) is 14.0. The van der Waals surface area contributed by atoms with Crippen molar-refractivity contribution >= 4 is 27.4 Å². The monoisotopic (exact) mass is 302 g/mol. The van der Waals surface area contributed by atoms with Gasteiger partial charge in [0.15, 0.2) is 0 Å². The first-order valence-electron chi connectivity index (χ1n) is 7.06. The Kier molecular flexibility index (Phi) is 3.90. The number of nitrogen functional groups attached to an aromatic ring is 1. The van der Waals surface area contributed by atoms with Gasteiger partial charge >= 0.3 is 0 Å². The molecule has 5 nitrogen and oxygen atoms in total. The molecule has 110 valence electrons. The zero-order chi connectivity index (χ0) is 14.8. The van der Waals surface area contributed by atoms with Crippen molar-refractivity contribution in [2.24, 2.45) is 0 Å². The van der Waals surface area contributed by atoms with Crippen molar-refractivity contribution in [1.82, 2.24) is 14.8 Å². The Labute approximate surface area is 127 Å². The number of rotatable bonds is 5. The zero-order valence-electron chi connectivity index (χ0n) is 11.9. The highest BCUT2D eigenvalue weighted by molar-refractivity contribution is 7.21. The van der Waals surface area contributed by atoms with Crippen molar-refractivity contribution in [3.05, 3.63) is 30.0 Å². The van der Waals surface area contributed by atoms with Gasteiger partial charge in [-0.2, -0.15) is 5.10 Å². The van der Waals surface area contributed by atoms with E-state index in [1.165, 1.54) is 0 Å². The summed E-state index contributed by atoms with van der Waals surface area (Å²) in [6.07, 6.45) is 1.85. The minimum atomic E-state index is 0.0245. The first-order chi connectivity index (χ1) is 10.2. The molecule has 0 fully saturated rings. The van der Waals surface area contributed by atoms with Crippen LogP contribution in [0.5, 0.6) is 0 Å². The number of aromatic nitrogens is 3. The van der Waals surface area contributed by atoms with Gasteiger partial charge in [-0.1, -0.05) is 25.5 Å². The average molecular weight is 302 g/mol. The number of benzene rings is 1. The van der Waals surface area contributed by atoms with Crippen LogP contribution >= 0.6 is 11.3 Å². The van der Waals surface area contributed by atoms with E-state index in [0.29, 0.717) is 12.4 Å². The second-order valence-corrected chi connectivity index (χ2v) is 5.92. The maximum atomic E-state index is 9.13. The lowest BCUT2D eigenvalue weighted by atomic mass is 10.1. The molecule has 0 saturated carbocycles. The molecule has 0 aliphatic carbocycles. The Morgan fingerprint density at radius 1 is 1.33 bits per heavy atom. The largest absolute Gasteiger partial charge is 0.394 e. The molecule has 0 saturated heterocycles. The van der Waals surface area contributed by atoms with Crippen molar-refractivity contribution < 1.29 is 5.11 Å². The number of thiazole rings is 1. The van der Waals surface area contributed by atoms with E-state index in [1.807, 2.05) is 18.2 Å². The predicted molar refractivity (Wildman–Crippen MR) is 86.3 cm³/mol. The van der Waals surface area contributed by atoms with Crippen molar-refractivity contribution in [3.63, 3.8) is 0 Å². The molecule has 3 N–H and O–H groups in total. The third kappa shape index (κ3) is 2.52. The highest BCUT2D eigenvalue weighted by Gasteiger charge is 2.19. The van der Waals surface area contributed by atoms with Crippen molar-refractivity contribution in [1.29, 1.82) is 0 Å². The lowest BCUT2D eigenvalue weighted by Crippen LogP contribution is -2.07. The van der Waals surface area contributed by atoms with E-state index in [4.69, 9.17) is 10.8 Å². The molecule has 3 aromatic rings. The smallest absolute Gasteiger partial charge is 0.132 e. The van der Waals surface area contributed by atoms with Crippen molar-refractivity contribution in [3.8, 4) is 10.6 Å². The van der Waals surface area contributed by atoms with Crippen LogP contribution in [0.2, 0.25) is 0 Å². The molecule has 0 unspecified atom stereocenters. The molecule has 2 aromatic heterocycles. The van der Waals surface area contributed by atoms with Gasteiger partial charge in [0.05, 0.1) is 34.6 Å². The number of fused-ring (bicyclic) bond motifs is 1.